The van der Waals surface area contributed by atoms with E-state index < -0.39 is 0 Å². The maximum atomic E-state index is 13.2. The van der Waals surface area contributed by atoms with Crippen molar-refractivity contribution < 1.29 is 9.18 Å². The molecule has 0 aliphatic carbocycles. The van der Waals surface area contributed by atoms with Crippen LogP contribution < -0.4 is 10.5 Å². The Kier molecular flexibility index (Phi) is 6.14. The van der Waals surface area contributed by atoms with Gasteiger partial charge in [-0.1, -0.05) is 54.4 Å². The zero-order valence-corrected chi connectivity index (χ0v) is 15.9. The molecule has 0 heterocycles. The molecule has 3 N–H and O–H groups in total. The van der Waals surface area contributed by atoms with Crippen LogP contribution in [0.4, 0.5) is 10.1 Å². The van der Waals surface area contributed by atoms with E-state index in [1.807, 2.05) is 36.6 Å². The normalized spacial score (nSPS) is 10.6. The number of benzene rings is 3. The Bertz CT molecular complexity index is 941. The lowest BCUT2D eigenvalue weighted by molar-refractivity contribution is -0.117. The lowest BCUT2D eigenvalue weighted by atomic mass is 9.92. The third-order valence-electron chi connectivity index (χ3n) is 4.32. The molecule has 0 spiro atoms. The second-order valence-corrected chi connectivity index (χ2v) is 6.84. The van der Waals surface area contributed by atoms with Gasteiger partial charge in [-0.15, -0.1) is 0 Å². The van der Waals surface area contributed by atoms with Crippen molar-refractivity contribution in [2.24, 2.45) is 5.73 Å². The van der Waals surface area contributed by atoms with E-state index in [0.29, 0.717) is 6.42 Å². The minimum atomic E-state index is -0.328. The van der Waals surface area contributed by atoms with Gasteiger partial charge in [-0.3, -0.25) is 4.79 Å². The summed E-state index contributed by atoms with van der Waals surface area (Å²) in [6.45, 7) is 0. The van der Waals surface area contributed by atoms with Crippen molar-refractivity contribution in [3.63, 3.8) is 0 Å². The minimum Gasteiger partial charge on any atom is -0.370 e. The van der Waals surface area contributed by atoms with Gasteiger partial charge in [0.25, 0.3) is 0 Å². The average molecular weight is 380 g/mol. The molecule has 0 aromatic heterocycles. The van der Waals surface area contributed by atoms with Crippen LogP contribution in [0.2, 0.25) is 0 Å². The first-order valence-electron chi connectivity index (χ1n) is 8.63. The summed E-state index contributed by atoms with van der Waals surface area (Å²) in [6, 6.07) is 20.7. The molecule has 3 aromatic carbocycles. The van der Waals surface area contributed by atoms with E-state index >= 15 is 0 Å². The quantitative estimate of drug-likeness (QED) is 0.549. The van der Waals surface area contributed by atoms with Gasteiger partial charge in [-0.25, -0.2) is 4.39 Å². The Hall–Kier alpha value is -2.79. The molecule has 0 atom stereocenters. The maximum Gasteiger partial charge on any atom is 0.217 e. The Morgan fingerprint density at radius 3 is 2.44 bits per heavy atom. The van der Waals surface area contributed by atoms with E-state index in [0.717, 1.165) is 33.5 Å². The first-order chi connectivity index (χ1) is 13.1. The average Bonchev–Trinajstić information content (AvgIpc) is 2.67. The molecule has 0 saturated carbocycles. The second-order valence-electron chi connectivity index (χ2n) is 6.23. The zero-order chi connectivity index (χ0) is 19.2. The number of anilines is 1. The van der Waals surface area contributed by atoms with E-state index in [1.54, 1.807) is 12.1 Å². The fourth-order valence-electron chi connectivity index (χ4n) is 3.03. The second kappa shape index (κ2) is 8.73. The van der Waals surface area contributed by atoms with Crippen LogP contribution in [0.3, 0.4) is 0 Å². The van der Waals surface area contributed by atoms with Gasteiger partial charge in [0.15, 0.2) is 0 Å². The predicted octanol–water partition coefficient (Wildman–Crippen LogP) is 5.27. The van der Waals surface area contributed by atoms with Crippen LogP contribution in [-0.4, -0.2) is 12.2 Å². The van der Waals surface area contributed by atoms with Crippen molar-refractivity contribution in [1.29, 1.82) is 0 Å². The predicted molar refractivity (Wildman–Crippen MR) is 112 cm³/mol. The molecule has 0 aliphatic rings. The highest BCUT2D eigenvalue weighted by Crippen LogP contribution is 2.31. The molecule has 3 nitrogen and oxygen atoms in total. The summed E-state index contributed by atoms with van der Waals surface area (Å²) in [7, 11) is 0. The number of carbonyl (C=O) groups excluding carboxylic acids is 1. The molecule has 138 valence electrons. The van der Waals surface area contributed by atoms with Crippen LogP contribution in [-0.2, 0) is 11.2 Å². The summed E-state index contributed by atoms with van der Waals surface area (Å²) in [5.41, 5.74) is 11.5. The van der Waals surface area contributed by atoms with E-state index in [1.165, 1.54) is 24.1 Å². The molecular formula is C22H21FN2OS. The molecule has 0 fully saturated rings. The summed E-state index contributed by atoms with van der Waals surface area (Å²) < 4.78 is 16.5. The van der Waals surface area contributed by atoms with Crippen molar-refractivity contribution in [3.05, 3.63) is 78.1 Å². The highest BCUT2D eigenvalue weighted by Gasteiger charge is 2.10. The fourth-order valence-corrected chi connectivity index (χ4v) is 3.39. The molecule has 0 aliphatic heterocycles. The molecule has 1 amide bonds. The summed E-state index contributed by atoms with van der Waals surface area (Å²) in [4.78, 5) is 11.3. The number of hydrogen-bond acceptors (Lipinski definition) is 3. The summed E-state index contributed by atoms with van der Waals surface area (Å²) in [6.07, 6.45) is 2.81. The van der Waals surface area contributed by atoms with Crippen molar-refractivity contribution >= 4 is 23.5 Å². The summed E-state index contributed by atoms with van der Waals surface area (Å²) in [5.74, 6) is -0.589. The van der Waals surface area contributed by atoms with E-state index in [9.17, 15) is 9.18 Å². The molecule has 0 radical (unpaired) electrons. The SMILES string of the molecule is CSNc1cccc(-c2ccc(-c3ccc(F)cc3)cc2CCC(N)=O)c1. The Morgan fingerprint density at radius 2 is 1.74 bits per heavy atom. The van der Waals surface area contributed by atoms with Gasteiger partial charge in [-0.2, -0.15) is 0 Å². The van der Waals surface area contributed by atoms with Crippen molar-refractivity contribution in [3.8, 4) is 22.3 Å². The number of halogens is 1. The van der Waals surface area contributed by atoms with Crippen LogP contribution in [0, 0.1) is 5.82 Å². The molecule has 0 bridgehead atoms. The first kappa shape index (κ1) is 19.0. The van der Waals surface area contributed by atoms with E-state index in [4.69, 9.17) is 5.73 Å². The number of nitrogens with two attached hydrogens (primary N) is 1. The summed E-state index contributed by atoms with van der Waals surface area (Å²) in [5, 5.41) is 0. The van der Waals surface area contributed by atoms with Gasteiger partial charge in [-0.05, 0) is 58.5 Å². The van der Waals surface area contributed by atoms with Gasteiger partial charge >= 0.3 is 0 Å². The number of primary amides is 1. The van der Waals surface area contributed by atoms with Gasteiger partial charge in [0.05, 0.1) is 0 Å². The molecule has 27 heavy (non-hydrogen) atoms. The van der Waals surface area contributed by atoms with Crippen LogP contribution in [0.15, 0.2) is 66.7 Å². The standard InChI is InChI=1S/C22H21FN2OS/c1-27-25-20-4-2-3-17(14-20)21-11-7-16(13-18(21)8-12-22(24)26)15-5-9-19(23)10-6-15/h2-7,9-11,13-14,25H,8,12H2,1H3,(H2,24,26). The maximum absolute atomic E-state index is 13.2. The van der Waals surface area contributed by atoms with Gasteiger partial charge in [0, 0.05) is 18.4 Å². The van der Waals surface area contributed by atoms with Crippen LogP contribution in [0.1, 0.15) is 12.0 Å². The Balaban J connectivity index is 2.03. The lowest BCUT2D eigenvalue weighted by Gasteiger charge is -2.13. The van der Waals surface area contributed by atoms with Crippen molar-refractivity contribution in [1.82, 2.24) is 0 Å². The van der Waals surface area contributed by atoms with Gasteiger partial charge in [0.2, 0.25) is 5.91 Å². The molecule has 3 aromatic rings. The highest BCUT2D eigenvalue weighted by molar-refractivity contribution is 7.99. The smallest absolute Gasteiger partial charge is 0.217 e. The Morgan fingerprint density at radius 1 is 1.00 bits per heavy atom. The van der Waals surface area contributed by atoms with Crippen LogP contribution >= 0.6 is 11.9 Å². The molecule has 0 unspecified atom stereocenters. The number of nitrogens with one attached hydrogen (secondary N) is 1. The number of hydrogen-bond donors (Lipinski definition) is 2. The topological polar surface area (TPSA) is 55.1 Å². The molecule has 0 saturated heterocycles. The largest absolute Gasteiger partial charge is 0.370 e. The first-order valence-corrected chi connectivity index (χ1v) is 9.86. The number of amides is 1. The van der Waals surface area contributed by atoms with Crippen molar-refractivity contribution in [2.75, 3.05) is 11.0 Å². The van der Waals surface area contributed by atoms with Crippen molar-refractivity contribution in [2.45, 2.75) is 12.8 Å². The molecule has 3 rings (SSSR count). The number of aryl methyl sites for hydroxylation is 1. The van der Waals surface area contributed by atoms with Gasteiger partial charge < -0.3 is 10.5 Å². The number of carbonyl (C=O) groups is 1. The highest BCUT2D eigenvalue weighted by atomic mass is 32.2. The third kappa shape index (κ3) is 4.89. The lowest BCUT2D eigenvalue weighted by Crippen LogP contribution is -2.11. The van der Waals surface area contributed by atoms with Crippen LogP contribution in [0.25, 0.3) is 22.3 Å². The van der Waals surface area contributed by atoms with Crippen LogP contribution in [0.5, 0.6) is 0 Å². The Labute approximate surface area is 162 Å². The third-order valence-corrected chi connectivity index (χ3v) is 4.76. The minimum absolute atomic E-state index is 0.262. The monoisotopic (exact) mass is 380 g/mol. The van der Waals surface area contributed by atoms with E-state index in [-0.39, 0.29) is 18.1 Å². The molecule has 5 heteroatoms. The fraction of sp³-hybridized carbons (Fsp3) is 0.136. The van der Waals surface area contributed by atoms with E-state index in [2.05, 4.69) is 16.9 Å². The number of rotatable bonds is 7. The zero-order valence-electron chi connectivity index (χ0n) is 15.0. The molecular weight excluding hydrogens is 359 g/mol. The summed E-state index contributed by atoms with van der Waals surface area (Å²) >= 11 is 1.54. The van der Waals surface area contributed by atoms with Gasteiger partial charge in [0.1, 0.15) is 5.82 Å².